The molecule has 4 nitrogen and oxygen atoms in total. The molecule has 0 aromatic heterocycles. The second-order valence-electron chi connectivity index (χ2n) is 2.09. The lowest BCUT2D eigenvalue weighted by Gasteiger charge is -2.07. The van der Waals surface area contributed by atoms with Gasteiger partial charge in [0, 0.05) is 0 Å². The Morgan fingerprint density at radius 2 is 2.45 bits per heavy atom. The quantitative estimate of drug-likeness (QED) is 0.462. The molecule has 1 rings (SSSR count). The molecule has 62 valence electrons. The van der Waals surface area contributed by atoms with E-state index in [-0.39, 0.29) is 17.0 Å². The molecular weight excluding hydrogens is 186 g/mol. The molecule has 0 aliphatic carbocycles. The second kappa shape index (κ2) is 3.34. The monoisotopic (exact) mass is 193 g/mol. The molecule has 1 aliphatic heterocycles. The van der Waals surface area contributed by atoms with Crippen LogP contribution in [0.4, 0.5) is 0 Å². The van der Waals surface area contributed by atoms with Crippen LogP contribution < -0.4 is 11.5 Å². The van der Waals surface area contributed by atoms with Crippen LogP contribution in [0.25, 0.3) is 0 Å². The fourth-order valence-electron chi connectivity index (χ4n) is 0.720. The molecule has 6 heteroatoms. The number of aliphatic imine (C=N–C) groups is 1. The minimum absolute atomic E-state index is 0.181. The summed E-state index contributed by atoms with van der Waals surface area (Å²) in [6.45, 7) is 0. The summed E-state index contributed by atoms with van der Waals surface area (Å²) in [6, 6.07) is 0. The third-order valence-corrected chi connectivity index (χ3v) is 1.75. The molecule has 1 aliphatic rings. The van der Waals surface area contributed by atoms with Crippen LogP contribution in [-0.2, 0) is 4.74 Å². The maximum absolute atomic E-state index is 5.50. The molecule has 0 bridgehead atoms. The number of hydrogen-bond donors (Lipinski definition) is 2. The zero-order valence-corrected chi connectivity index (χ0v) is 7.23. The summed E-state index contributed by atoms with van der Waals surface area (Å²) in [5.74, 6) is 0.631. The number of hydrogen-bond acceptors (Lipinski definition) is 4. The molecule has 4 N–H and O–H groups in total. The fourth-order valence-corrected chi connectivity index (χ4v) is 1.06. The van der Waals surface area contributed by atoms with Gasteiger partial charge in [0.05, 0.1) is 5.88 Å². The Hall–Kier alpha value is -0.390. The van der Waals surface area contributed by atoms with Crippen LogP contribution >= 0.6 is 23.8 Å². The summed E-state index contributed by atoms with van der Waals surface area (Å²) in [5.41, 5.74) is 10.7. The number of halogens is 1. The van der Waals surface area contributed by atoms with Gasteiger partial charge in [-0.3, -0.25) is 0 Å². The van der Waals surface area contributed by atoms with E-state index >= 15 is 0 Å². The summed E-state index contributed by atoms with van der Waals surface area (Å²) in [5, 5.41) is 0. The van der Waals surface area contributed by atoms with Gasteiger partial charge in [-0.1, -0.05) is 12.2 Å². The van der Waals surface area contributed by atoms with Crippen LogP contribution in [0.2, 0.25) is 0 Å². The van der Waals surface area contributed by atoms with Crippen molar-refractivity contribution in [1.29, 1.82) is 0 Å². The van der Waals surface area contributed by atoms with Crippen molar-refractivity contribution in [2.24, 2.45) is 16.5 Å². The van der Waals surface area contributed by atoms with E-state index in [9.17, 15) is 0 Å². The topological polar surface area (TPSA) is 73.6 Å². The molecule has 11 heavy (non-hydrogen) atoms. The standard InChI is InChI=1S/C5H8ClN3OS/c6-1-2-3(7)9-5(10-2)4(8)11/h2,5H,1H2,(H2,7,9)(H2,8,11). The number of ether oxygens (including phenoxy) is 1. The normalized spacial score (nSPS) is 30.1. The Balaban J connectivity index is 2.63. The lowest BCUT2D eigenvalue weighted by atomic mass is 10.4. The predicted octanol–water partition coefficient (Wildman–Crippen LogP) is -0.407. The van der Waals surface area contributed by atoms with E-state index in [4.69, 9.17) is 27.8 Å². The van der Waals surface area contributed by atoms with E-state index in [1.807, 2.05) is 0 Å². The van der Waals surface area contributed by atoms with Gasteiger partial charge in [-0.15, -0.1) is 11.6 Å². The molecule has 0 radical (unpaired) electrons. The lowest BCUT2D eigenvalue weighted by Crippen LogP contribution is -2.30. The summed E-state index contributed by atoms with van der Waals surface area (Å²) < 4.78 is 5.16. The number of amidine groups is 1. The van der Waals surface area contributed by atoms with E-state index in [0.717, 1.165) is 0 Å². The average molecular weight is 194 g/mol. The smallest absolute Gasteiger partial charge is 0.201 e. The molecule has 0 aromatic carbocycles. The molecule has 2 atom stereocenters. The van der Waals surface area contributed by atoms with E-state index in [0.29, 0.717) is 5.84 Å². The Kier molecular flexibility index (Phi) is 2.64. The Morgan fingerprint density at radius 1 is 1.82 bits per heavy atom. The summed E-state index contributed by atoms with van der Waals surface area (Å²) >= 11 is 10.2. The summed E-state index contributed by atoms with van der Waals surface area (Å²) in [6.07, 6.45) is -0.933. The van der Waals surface area contributed by atoms with Crippen LogP contribution in [0.5, 0.6) is 0 Å². The SMILES string of the molecule is NC(=S)C1N=C(N)C(CCl)O1. The van der Waals surface area contributed by atoms with Gasteiger partial charge < -0.3 is 16.2 Å². The molecule has 0 aromatic rings. The van der Waals surface area contributed by atoms with Gasteiger partial charge in [0.1, 0.15) is 16.9 Å². The van der Waals surface area contributed by atoms with E-state index in [1.54, 1.807) is 0 Å². The molecule has 0 fully saturated rings. The van der Waals surface area contributed by atoms with Gasteiger partial charge >= 0.3 is 0 Å². The zero-order chi connectivity index (χ0) is 8.43. The van der Waals surface area contributed by atoms with Gasteiger partial charge in [-0.05, 0) is 0 Å². The van der Waals surface area contributed by atoms with Crippen molar-refractivity contribution in [2.75, 3.05) is 5.88 Å². The Labute approximate surface area is 74.5 Å². The zero-order valence-electron chi connectivity index (χ0n) is 5.66. The van der Waals surface area contributed by atoms with Crippen molar-refractivity contribution >= 4 is 34.6 Å². The molecule has 0 amide bonds. The average Bonchev–Trinajstić information content (AvgIpc) is 2.31. The minimum Gasteiger partial charge on any atom is -0.390 e. The number of thiocarbonyl (C=S) groups is 1. The first kappa shape index (κ1) is 8.70. The van der Waals surface area contributed by atoms with Crippen molar-refractivity contribution in [2.45, 2.75) is 12.3 Å². The number of rotatable bonds is 2. The van der Waals surface area contributed by atoms with Crippen molar-refractivity contribution in [1.82, 2.24) is 0 Å². The van der Waals surface area contributed by atoms with E-state index in [2.05, 4.69) is 17.2 Å². The van der Waals surface area contributed by atoms with Crippen molar-refractivity contribution in [3.63, 3.8) is 0 Å². The number of nitrogens with zero attached hydrogens (tertiary/aromatic N) is 1. The predicted molar refractivity (Wildman–Crippen MR) is 47.8 cm³/mol. The van der Waals surface area contributed by atoms with Crippen molar-refractivity contribution < 1.29 is 4.74 Å². The van der Waals surface area contributed by atoms with Crippen LogP contribution in [-0.4, -0.2) is 29.0 Å². The third-order valence-electron chi connectivity index (χ3n) is 1.27. The molecular formula is C5H8ClN3OS. The largest absolute Gasteiger partial charge is 0.390 e. The molecule has 1 heterocycles. The number of nitrogens with two attached hydrogens (primary N) is 2. The first-order valence-corrected chi connectivity index (χ1v) is 3.93. The van der Waals surface area contributed by atoms with Crippen LogP contribution in [0.1, 0.15) is 0 Å². The highest BCUT2D eigenvalue weighted by Gasteiger charge is 2.27. The van der Waals surface area contributed by atoms with E-state index in [1.165, 1.54) is 0 Å². The van der Waals surface area contributed by atoms with E-state index < -0.39 is 6.23 Å². The molecule has 2 unspecified atom stereocenters. The molecule has 0 spiro atoms. The van der Waals surface area contributed by atoms with Crippen molar-refractivity contribution in [3.8, 4) is 0 Å². The summed E-state index contributed by atoms with van der Waals surface area (Å²) in [4.78, 5) is 4.04. The highest BCUT2D eigenvalue weighted by molar-refractivity contribution is 7.80. The minimum atomic E-state index is -0.589. The molecule has 0 saturated heterocycles. The fraction of sp³-hybridized carbons (Fsp3) is 0.600. The number of alkyl halides is 1. The van der Waals surface area contributed by atoms with Gasteiger partial charge in [0.15, 0.2) is 0 Å². The van der Waals surface area contributed by atoms with Gasteiger partial charge in [0.2, 0.25) is 6.23 Å². The maximum atomic E-state index is 5.50. The van der Waals surface area contributed by atoms with Gasteiger partial charge in [-0.2, -0.15) is 0 Å². The van der Waals surface area contributed by atoms with Gasteiger partial charge in [-0.25, -0.2) is 4.99 Å². The summed E-state index contributed by atoms with van der Waals surface area (Å²) in [7, 11) is 0. The van der Waals surface area contributed by atoms with Gasteiger partial charge in [0.25, 0.3) is 0 Å². The second-order valence-corrected chi connectivity index (χ2v) is 2.87. The molecule has 0 saturated carbocycles. The lowest BCUT2D eigenvalue weighted by molar-refractivity contribution is 0.105. The van der Waals surface area contributed by atoms with Crippen LogP contribution in [0.15, 0.2) is 4.99 Å². The first-order chi connectivity index (χ1) is 5.15. The first-order valence-electron chi connectivity index (χ1n) is 2.99. The van der Waals surface area contributed by atoms with Crippen LogP contribution in [0.3, 0.4) is 0 Å². The highest BCUT2D eigenvalue weighted by atomic mass is 35.5. The highest BCUT2D eigenvalue weighted by Crippen LogP contribution is 2.11. The Morgan fingerprint density at radius 3 is 2.73 bits per heavy atom. The van der Waals surface area contributed by atoms with Crippen molar-refractivity contribution in [3.05, 3.63) is 0 Å². The third kappa shape index (κ3) is 1.79. The Bertz CT molecular complexity index is 208. The maximum Gasteiger partial charge on any atom is 0.201 e. The van der Waals surface area contributed by atoms with Crippen LogP contribution in [0, 0.1) is 0 Å².